The molecule has 0 unspecified atom stereocenters. The van der Waals surface area contributed by atoms with E-state index in [-0.39, 0.29) is 5.91 Å². The molecule has 0 aliphatic carbocycles. The molecule has 1 N–H and O–H groups in total. The Kier molecular flexibility index (Phi) is 4.39. The number of rotatable bonds is 2. The monoisotopic (exact) mass is 374 g/mol. The molecule has 1 amide bonds. The Labute approximate surface area is 155 Å². The maximum absolute atomic E-state index is 13.2. The summed E-state index contributed by atoms with van der Waals surface area (Å²) >= 11 is 7.79. The topological polar surface area (TPSA) is 52.2 Å². The number of fused-ring (bicyclic) bond motifs is 1. The second-order valence-electron chi connectivity index (χ2n) is 6.26. The van der Waals surface area contributed by atoms with Crippen LogP contribution in [0.4, 0.5) is 5.13 Å². The lowest BCUT2D eigenvalue weighted by Gasteiger charge is -2.22. The average molecular weight is 375 g/mol. The van der Waals surface area contributed by atoms with Crippen LogP contribution in [-0.2, 0) is 0 Å². The Hall–Kier alpha value is -2.05. The predicted octanol–water partition coefficient (Wildman–Crippen LogP) is 3.94. The van der Waals surface area contributed by atoms with Gasteiger partial charge in [0.25, 0.3) is 5.91 Å². The SMILES string of the molecule is Cc1[nH]c2ccc(Cl)cc2c1C(=O)N1CCCN(c2nccs2)CC1. The molecule has 1 fully saturated rings. The molecule has 0 radical (unpaired) electrons. The summed E-state index contributed by atoms with van der Waals surface area (Å²) in [5.74, 6) is 0.0759. The molecule has 2 aromatic heterocycles. The second kappa shape index (κ2) is 6.69. The first-order valence-electron chi connectivity index (χ1n) is 8.35. The van der Waals surface area contributed by atoms with E-state index in [1.807, 2.05) is 41.6 Å². The molecule has 1 aliphatic heterocycles. The van der Waals surface area contributed by atoms with Gasteiger partial charge in [0.15, 0.2) is 5.13 Å². The number of halogens is 1. The lowest BCUT2D eigenvalue weighted by Crippen LogP contribution is -2.35. The minimum absolute atomic E-state index is 0.0759. The molecule has 0 spiro atoms. The molecule has 5 nitrogen and oxygen atoms in total. The molecule has 0 bridgehead atoms. The summed E-state index contributed by atoms with van der Waals surface area (Å²) in [6.45, 7) is 5.14. The van der Waals surface area contributed by atoms with Gasteiger partial charge in [0.2, 0.25) is 0 Å². The Morgan fingerprint density at radius 2 is 2.16 bits per heavy atom. The number of aryl methyl sites for hydroxylation is 1. The van der Waals surface area contributed by atoms with E-state index in [0.29, 0.717) is 11.6 Å². The van der Waals surface area contributed by atoms with E-state index in [1.165, 1.54) is 0 Å². The molecule has 4 rings (SSSR count). The molecule has 7 heteroatoms. The number of hydrogen-bond acceptors (Lipinski definition) is 4. The van der Waals surface area contributed by atoms with Gasteiger partial charge >= 0.3 is 0 Å². The summed E-state index contributed by atoms with van der Waals surface area (Å²) in [6, 6.07) is 5.63. The van der Waals surface area contributed by atoms with Gasteiger partial charge in [0.05, 0.1) is 5.56 Å². The van der Waals surface area contributed by atoms with E-state index in [2.05, 4.69) is 14.9 Å². The molecule has 1 aromatic carbocycles. The van der Waals surface area contributed by atoms with Gasteiger partial charge in [-0.3, -0.25) is 4.79 Å². The lowest BCUT2D eigenvalue weighted by atomic mass is 10.1. The lowest BCUT2D eigenvalue weighted by molar-refractivity contribution is 0.0768. The number of nitrogens with one attached hydrogen (secondary N) is 1. The minimum Gasteiger partial charge on any atom is -0.358 e. The normalized spacial score (nSPS) is 15.6. The first kappa shape index (κ1) is 16.4. The van der Waals surface area contributed by atoms with Crippen LogP contribution in [0.1, 0.15) is 22.5 Å². The Morgan fingerprint density at radius 3 is 2.96 bits per heavy atom. The number of thiazole rings is 1. The number of carbonyl (C=O) groups is 1. The van der Waals surface area contributed by atoms with Crippen LogP contribution >= 0.6 is 22.9 Å². The van der Waals surface area contributed by atoms with Crippen LogP contribution in [0.3, 0.4) is 0 Å². The summed E-state index contributed by atoms with van der Waals surface area (Å²) in [6.07, 6.45) is 2.76. The summed E-state index contributed by atoms with van der Waals surface area (Å²) in [5, 5.41) is 4.56. The van der Waals surface area contributed by atoms with Gasteiger partial charge in [-0.05, 0) is 31.5 Å². The van der Waals surface area contributed by atoms with Gasteiger partial charge in [0, 0.05) is 59.4 Å². The number of aromatic nitrogens is 2. The maximum atomic E-state index is 13.2. The zero-order valence-electron chi connectivity index (χ0n) is 14.0. The van der Waals surface area contributed by atoms with Crippen LogP contribution in [-0.4, -0.2) is 47.0 Å². The number of carbonyl (C=O) groups excluding carboxylic acids is 1. The highest BCUT2D eigenvalue weighted by Gasteiger charge is 2.25. The van der Waals surface area contributed by atoms with Crippen LogP contribution in [0.2, 0.25) is 5.02 Å². The first-order valence-corrected chi connectivity index (χ1v) is 9.61. The number of benzene rings is 1. The molecule has 1 aliphatic rings. The molecule has 3 aromatic rings. The smallest absolute Gasteiger partial charge is 0.256 e. The predicted molar refractivity (Wildman–Crippen MR) is 103 cm³/mol. The number of H-pyrrole nitrogens is 1. The van der Waals surface area contributed by atoms with Gasteiger partial charge in [-0.2, -0.15) is 0 Å². The fraction of sp³-hybridized carbons (Fsp3) is 0.333. The number of hydrogen-bond donors (Lipinski definition) is 1. The highest BCUT2D eigenvalue weighted by atomic mass is 35.5. The van der Waals surface area contributed by atoms with Crippen molar-refractivity contribution in [3.8, 4) is 0 Å². The zero-order valence-corrected chi connectivity index (χ0v) is 15.5. The molecule has 25 heavy (non-hydrogen) atoms. The Balaban J connectivity index is 1.59. The minimum atomic E-state index is 0.0759. The summed E-state index contributed by atoms with van der Waals surface area (Å²) in [4.78, 5) is 25.1. The van der Waals surface area contributed by atoms with Gasteiger partial charge in [-0.1, -0.05) is 11.6 Å². The summed E-state index contributed by atoms with van der Waals surface area (Å²) in [7, 11) is 0. The Morgan fingerprint density at radius 1 is 1.28 bits per heavy atom. The van der Waals surface area contributed by atoms with E-state index in [0.717, 1.165) is 53.3 Å². The average Bonchev–Trinajstić information content (AvgIpc) is 3.15. The van der Waals surface area contributed by atoms with Crippen LogP contribution in [0, 0.1) is 6.92 Å². The fourth-order valence-corrected chi connectivity index (χ4v) is 4.29. The largest absolute Gasteiger partial charge is 0.358 e. The number of aromatic amines is 1. The molecular formula is C18H19ClN4OS. The van der Waals surface area contributed by atoms with Crippen LogP contribution < -0.4 is 4.90 Å². The van der Waals surface area contributed by atoms with Crippen LogP contribution in [0.25, 0.3) is 10.9 Å². The van der Waals surface area contributed by atoms with Crippen LogP contribution in [0.5, 0.6) is 0 Å². The third-order valence-corrected chi connectivity index (χ3v) is 5.70. The molecule has 130 valence electrons. The standard InChI is InChI=1S/C18H19ClN4OS/c1-12-16(14-11-13(19)3-4-15(14)21-12)17(24)22-6-2-7-23(9-8-22)18-20-5-10-25-18/h3-5,10-11,21H,2,6-9H2,1H3. The summed E-state index contributed by atoms with van der Waals surface area (Å²) in [5.41, 5.74) is 2.58. The summed E-state index contributed by atoms with van der Waals surface area (Å²) < 4.78 is 0. The number of nitrogens with zero attached hydrogens (tertiary/aromatic N) is 3. The van der Waals surface area contributed by atoms with Gasteiger partial charge < -0.3 is 14.8 Å². The van der Waals surface area contributed by atoms with Crippen molar-refractivity contribution in [2.75, 3.05) is 31.1 Å². The third-order valence-electron chi connectivity index (χ3n) is 4.63. The van der Waals surface area contributed by atoms with E-state index in [9.17, 15) is 4.79 Å². The van der Waals surface area contributed by atoms with E-state index in [4.69, 9.17) is 11.6 Å². The van der Waals surface area contributed by atoms with Crippen molar-refractivity contribution in [3.63, 3.8) is 0 Å². The van der Waals surface area contributed by atoms with E-state index in [1.54, 1.807) is 11.3 Å². The third kappa shape index (κ3) is 3.12. The van der Waals surface area contributed by atoms with Crippen molar-refractivity contribution in [2.24, 2.45) is 0 Å². The molecule has 3 heterocycles. The molecule has 0 atom stereocenters. The van der Waals surface area contributed by atoms with Crippen LogP contribution in [0.15, 0.2) is 29.8 Å². The van der Waals surface area contributed by atoms with Gasteiger partial charge in [-0.25, -0.2) is 4.98 Å². The Bertz CT molecular complexity index is 905. The highest BCUT2D eigenvalue weighted by Crippen LogP contribution is 2.27. The van der Waals surface area contributed by atoms with Crippen molar-refractivity contribution >= 4 is 44.9 Å². The van der Waals surface area contributed by atoms with Gasteiger partial charge in [0.1, 0.15) is 0 Å². The molecule has 1 saturated heterocycles. The number of amides is 1. The van der Waals surface area contributed by atoms with E-state index < -0.39 is 0 Å². The van der Waals surface area contributed by atoms with E-state index >= 15 is 0 Å². The maximum Gasteiger partial charge on any atom is 0.256 e. The van der Waals surface area contributed by atoms with Crippen molar-refractivity contribution in [3.05, 3.63) is 46.1 Å². The quantitative estimate of drug-likeness (QED) is 0.739. The zero-order chi connectivity index (χ0) is 17.4. The van der Waals surface area contributed by atoms with Crippen molar-refractivity contribution < 1.29 is 4.79 Å². The number of anilines is 1. The first-order chi connectivity index (χ1) is 12.1. The molecular weight excluding hydrogens is 356 g/mol. The van der Waals surface area contributed by atoms with Gasteiger partial charge in [-0.15, -0.1) is 11.3 Å². The van der Waals surface area contributed by atoms with Crippen molar-refractivity contribution in [1.29, 1.82) is 0 Å². The molecule has 0 saturated carbocycles. The van der Waals surface area contributed by atoms with Crippen molar-refractivity contribution in [2.45, 2.75) is 13.3 Å². The highest BCUT2D eigenvalue weighted by molar-refractivity contribution is 7.13. The fourth-order valence-electron chi connectivity index (χ4n) is 3.42. The van der Waals surface area contributed by atoms with Crippen molar-refractivity contribution in [1.82, 2.24) is 14.9 Å². The second-order valence-corrected chi connectivity index (χ2v) is 7.57.